The molecule has 0 fully saturated rings. The summed E-state index contributed by atoms with van der Waals surface area (Å²) in [7, 11) is 0. The van der Waals surface area contributed by atoms with Crippen LogP contribution in [0.5, 0.6) is 0 Å². The van der Waals surface area contributed by atoms with Crippen molar-refractivity contribution in [2.75, 3.05) is 6.54 Å². The fourth-order valence-corrected chi connectivity index (χ4v) is 0.856. The number of amides is 1. The van der Waals surface area contributed by atoms with Crippen molar-refractivity contribution in [3.63, 3.8) is 0 Å². The Bertz CT molecular complexity index is 132. The highest BCUT2D eigenvalue weighted by Crippen LogP contribution is 2.01. The molecule has 0 rings (SSSR count). The van der Waals surface area contributed by atoms with Crippen molar-refractivity contribution < 1.29 is 4.79 Å². The van der Waals surface area contributed by atoms with Crippen molar-refractivity contribution in [2.45, 2.75) is 39.7 Å². The average Bonchev–Trinajstić information content (AvgIpc) is 2.12. The van der Waals surface area contributed by atoms with Crippen LogP contribution in [0.4, 0.5) is 0 Å². The van der Waals surface area contributed by atoms with Gasteiger partial charge in [-0.25, -0.2) is 0 Å². The maximum absolute atomic E-state index is 11.3. The molecule has 3 nitrogen and oxygen atoms in total. The molecule has 0 heterocycles. The zero-order chi connectivity index (χ0) is 9.56. The Balaban J connectivity index is 3.81. The first-order chi connectivity index (χ1) is 5.65. The topological polar surface area (TPSA) is 55.1 Å². The van der Waals surface area contributed by atoms with Gasteiger partial charge in [-0.2, -0.15) is 0 Å². The Morgan fingerprint density at radius 3 is 2.33 bits per heavy atom. The van der Waals surface area contributed by atoms with Crippen molar-refractivity contribution in [2.24, 2.45) is 11.7 Å². The van der Waals surface area contributed by atoms with E-state index in [0.717, 1.165) is 12.8 Å². The van der Waals surface area contributed by atoms with Gasteiger partial charge in [-0.1, -0.05) is 20.8 Å². The van der Waals surface area contributed by atoms with E-state index in [1.54, 1.807) is 0 Å². The summed E-state index contributed by atoms with van der Waals surface area (Å²) in [5, 5.41) is 2.90. The minimum absolute atomic E-state index is 0.102. The smallest absolute Gasteiger partial charge is 0.223 e. The molecule has 0 aromatic rings. The number of nitrogens with two attached hydrogens (primary N) is 1. The van der Waals surface area contributed by atoms with Gasteiger partial charge < -0.3 is 11.1 Å². The molecule has 0 aromatic heterocycles. The Morgan fingerprint density at radius 2 is 2.00 bits per heavy atom. The lowest BCUT2D eigenvalue weighted by Crippen LogP contribution is -2.42. The second-order valence-corrected chi connectivity index (χ2v) is 3.16. The van der Waals surface area contributed by atoms with Crippen LogP contribution in [0.2, 0.25) is 0 Å². The molecule has 0 aliphatic rings. The summed E-state index contributed by atoms with van der Waals surface area (Å²) in [4.78, 5) is 11.3. The van der Waals surface area contributed by atoms with E-state index < -0.39 is 0 Å². The van der Waals surface area contributed by atoms with E-state index in [0.29, 0.717) is 6.54 Å². The van der Waals surface area contributed by atoms with Crippen LogP contribution in [-0.4, -0.2) is 18.5 Å². The normalized spacial score (nSPS) is 15.3. The molecule has 3 N–H and O–H groups in total. The molecule has 0 aromatic carbocycles. The first-order valence-corrected chi connectivity index (χ1v) is 4.66. The molecule has 0 radical (unpaired) electrons. The Labute approximate surface area is 74.7 Å². The Morgan fingerprint density at radius 1 is 1.42 bits per heavy atom. The lowest BCUT2D eigenvalue weighted by atomic mass is 10.1. The van der Waals surface area contributed by atoms with Crippen LogP contribution < -0.4 is 11.1 Å². The molecular formula is C9H20N2O. The second-order valence-electron chi connectivity index (χ2n) is 3.16. The highest BCUT2D eigenvalue weighted by molar-refractivity contribution is 5.78. The molecule has 2 atom stereocenters. The molecule has 3 heteroatoms. The summed E-state index contributed by atoms with van der Waals surface area (Å²) in [6.07, 6.45) is 1.78. The van der Waals surface area contributed by atoms with Crippen molar-refractivity contribution >= 4 is 5.91 Å². The van der Waals surface area contributed by atoms with Gasteiger partial charge in [0.2, 0.25) is 5.91 Å². The summed E-state index contributed by atoms with van der Waals surface area (Å²) in [6.45, 7) is 6.49. The number of carbonyl (C=O) groups is 1. The number of hydrogen-bond donors (Lipinski definition) is 2. The van der Waals surface area contributed by atoms with Gasteiger partial charge in [0.1, 0.15) is 0 Å². The summed E-state index contributed by atoms with van der Waals surface area (Å²) in [6, 6.07) is 0.145. The van der Waals surface area contributed by atoms with Crippen LogP contribution in [0, 0.1) is 5.92 Å². The van der Waals surface area contributed by atoms with E-state index >= 15 is 0 Å². The molecule has 0 aliphatic heterocycles. The van der Waals surface area contributed by atoms with E-state index in [1.807, 2.05) is 20.8 Å². The number of rotatable bonds is 5. The van der Waals surface area contributed by atoms with Crippen molar-refractivity contribution in [3.8, 4) is 0 Å². The first kappa shape index (κ1) is 11.4. The average molecular weight is 172 g/mol. The van der Waals surface area contributed by atoms with E-state index in [4.69, 9.17) is 5.73 Å². The lowest BCUT2D eigenvalue weighted by Gasteiger charge is -2.17. The van der Waals surface area contributed by atoms with Gasteiger partial charge in [-0.3, -0.25) is 4.79 Å². The van der Waals surface area contributed by atoms with Crippen molar-refractivity contribution in [3.05, 3.63) is 0 Å². The van der Waals surface area contributed by atoms with Crippen LogP contribution in [0.3, 0.4) is 0 Å². The van der Waals surface area contributed by atoms with Gasteiger partial charge in [0, 0.05) is 18.5 Å². The van der Waals surface area contributed by atoms with Crippen LogP contribution >= 0.6 is 0 Å². The summed E-state index contributed by atoms with van der Waals surface area (Å²) in [5.74, 6) is 0.223. The quantitative estimate of drug-likeness (QED) is 0.647. The Kier molecular flexibility index (Phi) is 5.72. The van der Waals surface area contributed by atoms with E-state index in [9.17, 15) is 4.79 Å². The maximum atomic E-state index is 11.3. The molecule has 2 unspecified atom stereocenters. The fraction of sp³-hybridized carbons (Fsp3) is 0.889. The van der Waals surface area contributed by atoms with Gasteiger partial charge in [-0.15, -0.1) is 0 Å². The summed E-state index contributed by atoms with van der Waals surface area (Å²) in [5.41, 5.74) is 5.46. The largest absolute Gasteiger partial charge is 0.352 e. The molecule has 1 amide bonds. The third-order valence-electron chi connectivity index (χ3n) is 2.18. The predicted octanol–water partition coefficient (Wildman–Crippen LogP) is 0.886. The minimum atomic E-state index is 0.102. The van der Waals surface area contributed by atoms with E-state index in [1.165, 1.54) is 0 Å². The van der Waals surface area contributed by atoms with Gasteiger partial charge in [-0.05, 0) is 12.8 Å². The van der Waals surface area contributed by atoms with E-state index in [2.05, 4.69) is 5.32 Å². The van der Waals surface area contributed by atoms with Crippen molar-refractivity contribution in [1.29, 1.82) is 0 Å². The zero-order valence-corrected chi connectivity index (χ0v) is 8.26. The predicted molar refractivity (Wildman–Crippen MR) is 50.7 cm³/mol. The monoisotopic (exact) mass is 172 g/mol. The standard InChI is InChI=1S/C9H20N2O/c1-4-7(3)9(12)11-8(5-2)6-10/h7-8H,4-6,10H2,1-3H3,(H,11,12). The molecular weight excluding hydrogens is 152 g/mol. The fourth-order valence-electron chi connectivity index (χ4n) is 0.856. The summed E-state index contributed by atoms with van der Waals surface area (Å²) >= 11 is 0. The third kappa shape index (κ3) is 3.72. The zero-order valence-electron chi connectivity index (χ0n) is 8.26. The number of hydrogen-bond acceptors (Lipinski definition) is 2. The van der Waals surface area contributed by atoms with Crippen LogP contribution in [0.15, 0.2) is 0 Å². The number of carbonyl (C=O) groups excluding carboxylic acids is 1. The van der Waals surface area contributed by atoms with Gasteiger partial charge >= 0.3 is 0 Å². The van der Waals surface area contributed by atoms with Gasteiger partial charge in [0.25, 0.3) is 0 Å². The van der Waals surface area contributed by atoms with Gasteiger partial charge in [0.05, 0.1) is 0 Å². The van der Waals surface area contributed by atoms with E-state index in [-0.39, 0.29) is 17.9 Å². The molecule has 72 valence electrons. The molecule has 0 spiro atoms. The minimum Gasteiger partial charge on any atom is -0.352 e. The third-order valence-corrected chi connectivity index (χ3v) is 2.18. The SMILES string of the molecule is CCC(CN)NC(=O)C(C)CC. The molecule has 12 heavy (non-hydrogen) atoms. The van der Waals surface area contributed by atoms with Crippen LogP contribution in [-0.2, 0) is 4.79 Å². The molecule has 0 saturated heterocycles. The lowest BCUT2D eigenvalue weighted by molar-refractivity contribution is -0.125. The highest BCUT2D eigenvalue weighted by Gasteiger charge is 2.13. The molecule has 0 saturated carbocycles. The molecule has 0 bridgehead atoms. The molecule has 0 aliphatic carbocycles. The van der Waals surface area contributed by atoms with Crippen LogP contribution in [0.1, 0.15) is 33.6 Å². The maximum Gasteiger partial charge on any atom is 0.223 e. The first-order valence-electron chi connectivity index (χ1n) is 4.66. The second kappa shape index (κ2) is 6.00. The number of nitrogens with one attached hydrogen (secondary N) is 1. The van der Waals surface area contributed by atoms with Gasteiger partial charge in [0.15, 0.2) is 0 Å². The van der Waals surface area contributed by atoms with Crippen molar-refractivity contribution in [1.82, 2.24) is 5.32 Å². The Hall–Kier alpha value is -0.570. The highest BCUT2D eigenvalue weighted by atomic mass is 16.1. The summed E-state index contributed by atoms with van der Waals surface area (Å²) < 4.78 is 0. The van der Waals surface area contributed by atoms with Crippen LogP contribution in [0.25, 0.3) is 0 Å².